The summed E-state index contributed by atoms with van der Waals surface area (Å²) in [7, 11) is 1.75. The Kier molecular flexibility index (Phi) is 2.07. The molecule has 3 nitrogen and oxygen atoms in total. The maximum atomic E-state index is 11.6. The van der Waals surface area contributed by atoms with Gasteiger partial charge < -0.3 is 4.74 Å². The molecule has 0 unspecified atom stereocenters. The van der Waals surface area contributed by atoms with Gasteiger partial charge in [-0.1, -0.05) is 24.3 Å². The van der Waals surface area contributed by atoms with Gasteiger partial charge in [-0.3, -0.25) is 9.79 Å². The first-order valence-corrected chi connectivity index (χ1v) is 6.48. The van der Waals surface area contributed by atoms with Crippen LogP contribution in [0.3, 0.4) is 0 Å². The minimum Gasteiger partial charge on any atom is -0.442 e. The average molecular weight is 251 g/mol. The number of rotatable bonds is 0. The van der Waals surface area contributed by atoms with E-state index in [2.05, 4.69) is 29.3 Å². The molecule has 0 saturated heterocycles. The molecule has 1 heterocycles. The lowest BCUT2D eigenvalue weighted by molar-refractivity contribution is -0.117. The Labute approximate surface area is 110 Å². The van der Waals surface area contributed by atoms with Crippen LogP contribution >= 0.6 is 0 Å². The highest BCUT2D eigenvalue weighted by atomic mass is 16.5. The molecule has 0 fully saturated rings. The topological polar surface area (TPSA) is 38.7 Å². The summed E-state index contributed by atoms with van der Waals surface area (Å²) in [5, 5.41) is 2.25. The van der Waals surface area contributed by atoms with Crippen LogP contribution < -0.4 is 4.74 Å². The van der Waals surface area contributed by atoms with E-state index in [0.29, 0.717) is 18.6 Å². The predicted molar refractivity (Wildman–Crippen MR) is 74.1 cm³/mol. The summed E-state index contributed by atoms with van der Waals surface area (Å²) in [5.74, 6) is 1.99. The van der Waals surface area contributed by atoms with Crippen LogP contribution in [0.5, 0.6) is 5.75 Å². The lowest BCUT2D eigenvalue weighted by Gasteiger charge is -2.08. The molecule has 2 aliphatic rings. The van der Waals surface area contributed by atoms with Crippen molar-refractivity contribution in [3.05, 3.63) is 41.0 Å². The van der Waals surface area contributed by atoms with Crippen LogP contribution in [0.1, 0.15) is 16.7 Å². The molecule has 2 aromatic rings. The third-order valence-electron chi connectivity index (χ3n) is 4.01. The molecule has 3 heteroatoms. The lowest BCUT2D eigenvalue weighted by atomic mass is 9.98. The second kappa shape index (κ2) is 3.67. The molecule has 0 bridgehead atoms. The van der Waals surface area contributed by atoms with Gasteiger partial charge in [-0.2, -0.15) is 0 Å². The number of carbonyl (C=O) groups excluding carboxylic acids is 1. The minimum absolute atomic E-state index is 0.305. The molecule has 94 valence electrons. The van der Waals surface area contributed by atoms with Crippen LogP contribution in [0.15, 0.2) is 29.3 Å². The smallest absolute Gasteiger partial charge is 0.194 e. The van der Waals surface area contributed by atoms with E-state index in [4.69, 9.17) is 4.74 Å². The SMILES string of the molecule is CN=C1Cc2ccc3c4c(ccc3c2O1)CC(=O)C4. The molecule has 0 N–H and O–H groups in total. The largest absolute Gasteiger partial charge is 0.442 e. The molecule has 19 heavy (non-hydrogen) atoms. The third-order valence-corrected chi connectivity index (χ3v) is 4.01. The van der Waals surface area contributed by atoms with Gasteiger partial charge >= 0.3 is 0 Å². The van der Waals surface area contributed by atoms with Crippen LogP contribution in [0.4, 0.5) is 0 Å². The lowest BCUT2D eigenvalue weighted by Crippen LogP contribution is -2.01. The summed E-state index contributed by atoms with van der Waals surface area (Å²) in [6, 6.07) is 8.35. The van der Waals surface area contributed by atoms with Gasteiger partial charge in [0.1, 0.15) is 11.5 Å². The first-order valence-electron chi connectivity index (χ1n) is 6.48. The molecular weight excluding hydrogens is 238 g/mol. The van der Waals surface area contributed by atoms with Crippen LogP contribution in [0, 0.1) is 0 Å². The van der Waals surface area contributed by atoms with Crippen molar-refractivity contribution >= 4 is 22.5 Å². The number of carbonyl (C=O) groups is 1. The Hall–Kier alpha value is -2.16. The number of Topliss-reactive ketones (excluding diaryl/α,β-unsaturated/α-hetero) is 1. The van der Waals surface area contributed by atoms with Crippen molar-refractivity contribution in [2.75, 3.05) is 7.05 Å². The van der Waals surface area contributed by atoms with Gasteiger partial charge in [0, 0.05) is 30.8 Å². The molecule has 0 radical (unpaired) electrons. The summed E-state index contributed by atoms with van der Waals surface area (Å²) in [4.78, 5) is 15.8. The van der Waals surface area contributed by atoms with E-state index in [9.17, 15) is 4.79 Å². The number of aliphatic imine (C=N–C) groups is 1. The van der Waals surface area contributed by atoms with E-state index >= 15 is 0 Å². The van der Waals surface area contributed by atoms with E-state index in [1.807, 2.05) is 0 Å². The van der Waals surface area contributed by atoms with E-state index < -0.39 is 0 Å². The molecule has 0 spiro atoms. The summed E-state index contributed by atoms with van der Waals surface area (Å²) in [6.45, 7) is 0. The van der Waals surface area contributed by atoms with Crippen LogP contribution in [0.25, 0.3) is 10.8 Å². The summed E-state index contributed by atoms with van der Waals surface area (Å²) in [5.41, 5.74) is 3.52. The first-order chi connectivity index (χ1) is 9.26. The molecule has 0 aromatic heterocycles. The van der Waals surface area contributed by atoms with Crippen LogP contribution in [-0.4, -0.2) is 18.7 Å². The highest BCUT2D eigenvalue weighted by Gasteiger charge is 2.25. The van der Waals surface area contributed by atoms with Crippen molar-refractivity contribution < 1.29 is 9.53 Å². The number of nitrogens with zero attached hydrogens (tertiary/aromatic N) is 1. The van der Waals surface area contributed by atoms with Gasteiger partial charge in [0.2, 0.25) is 0 Å². The molecule has 2 aromatic carbocycles. The number of hydrogen-bond acceptors (Lipinski definition) is 3. The van der Waals surface area contributed by atoms with Crippen molar-refractivity contribution in [3.63, 3.8) is 0 Å². The summed E-state index contributed by atoms with van der Waals surface area (Å²) in [6.07, 6.45) is 1.89. The molecule has 1 aliphatic heterocycles. The maximum Gasteiger partial charge on any atom is 0.194 e. The normalized spacial score (nSPS) is 18.8. The predicted octanol–water partition coefficient (Wildman–Crippen LogP) is 2.47. The zero-order valence-corrected chi connectivity index (χ0v) is 10.7. The summed E-state index contributed by atoms with van der Waals surface area (Å²) >= 11 is 0. The number of benzene rings is 2. The Morgan fingerprint density at radius 3 is 2.63 bits per heavy atom. The van der Waals surface area contributed by atoms with Crippen molar-refractivity contribution in [1.29, 1.82) is 0 Å². The Bertz CT molecular complexity index is 759. The standard InChI is InChI=1S/C16H13NO2/c1-17-15-7-10-3-4-12-13(16(10)19-15)5-2-9-6-11(18)8-14(9)12/h2-5H,6-8H2,1H3. The number of ether oxygens (including phenoxy) is 1. The fourth-order valence-corrected chi connectivity index (χ4v) is 3.08. The second-order valence-corrected chi connectivity index (χ2v) is 5.14. The molecule has 1 aliphatic carbocycles. The Morgan fingerprint density at radius 1 is 1.00 bits per heavy atom. The highest BCUT2D eigenvalue weighted by Crippen LogP contribution is 2.38. The van der Waals surface area contributed by atoms with Gasteiger partial charge in [0.15, 0.2) is 5.90 Å². The molecule has 0 amide bonds. The zero-order chi connectivity index (χ0) is 13.0. The fraction of sp³-hybridized carbons (Fsp3) is 0.250. The van der Waals surface area contributed by atoms with Crippen LogP contribution in [-0.2, 0) is 24.1 Å². The van der Waals surface area contributed by atoms with Crippen molar-refractivity contribution in [2.45, 2.75) is 19.3 Å². The molecule has 0 atom stereocenters. The van der Waals surface area contributed by atoms with Crippen molar-refractivity contribution in [2.24, 2.45) is 4.99 Å². The van der Waals surface area contributed by atoms with Gasteiger partial charge in [-0.15, -0.1) is 0 Å². The Balaban J connectivity index is 1.99. The van der Waals surface area contributed by atoms with E-state index in [0.717, 1.165) is 28.8 Å². The van der Waals surface area contributed by atoms with Crippen molar-refractivity contribution in [1.82, 2.24) is 0 Å². The average Bonchev–Trinajstić information content (AvgIpc) is 2.99. The monoisotopic (exact) mass is 251 g/mol. The molecule has 0 saturated carbocycles. The minimum atomic E-state index is 0.305. The van der Waals surface area contributed by atoms with Crippen molar-refractivity contribution in [3.8, 4) is 5.75 Å². The van der Waals surface area contributed by atoms with Crippen LogP contribution in [0.2, 0.25) is 0 Å². The Morgan fingerprint density at radius 2 is 1.79 bits per heavy atom. The van der Waals surface area contributed by atoms with Gasteiger partial charge in [0.25, 0.3) is 0 Å². The third kappa shape index (κ3) is 1.44. The highest BCUT2D eigenvalue weighted by molar-refractivity contribution is 6.02. The maximum absolute atomic E-state index is 11.6. The fourth-order valence-electron chi connectivity index (χ4n) is 3.08. The molecular formula is C16H13NO2. The van der Waals surface area contributed by atoms with Gasteiger partial charge in [0.05, 0.1) is 6.42 Å². The van der Waals surface area contributed by atoms with Gasteiger partial charge in [-0.05, 0) is 16.5 Å². The zero-order valence-electron chi connectivity index (χ0n) is 10.7. The second-order valence-electron chi connectivity index (χ2n) is 5.14. The number of hydrogen-bond donors (Lipinski definition) is 0. The van der Waals surface area contributed by atoms with E-state index in [1.165, 1.54) is 16.7 Å². The quantitative estimate of drug-likeness (QED) is 0.721. The number of fused-ring (bicyclic) bond motifs is 5. The first kappa shape index (κ1) is 10.7. The van der Waals surface area contributed by atoms with Gasteiger partial charge in [-0.25, -0.2) is 0 Å². The van der Waals surface area contributed by atoms with E-state index in [1.54, 1.807) is 7.05 Å². The van der Waals surface area contributed by atoms with E-state index in [-0.39, 0.29) is 0 Å². The summed E-state index contributed by atoms with van der Waals surface area (Å²) < 4.78 is 5.82. The number of ketones is 1. The molecule has 4 rings (SSSR count).